The average molecular weight is 287 g/mol. The zero-order chi connectivity index (χ0) is 14.7. The smallest absolute Gasteiger partial charge is 0.229 e. The van der Waals surface area contributed by atoms with Gasteiger partial charge in [0.2, 0.25) is 5.89 Å². The molecule has 2 heterocycles. The van der Waals surface area contributed by atoms with Crippen LogP contribution < -0.4 is 10.5 Å². The Hall–Kier alpha value is -1.88. The van der Waals surface area contributed by atoms with Crippen molar-refractivity contribution < 1.29 is 9.26 Å². The molecule has 0 saturated carbocycles. The number of hydrogen-bond acceptors (Lipinski definition) is 5. The Labute approximate surface area is 124 Å². The maximum absolute atomic E-state index is 5.79. The zero-order valence-electron chi connectivity index (χ0n) is 12.3. The number of rotatable bonds is 5. The lowest BCUT2D eigenvalue weighted by Crippen LogP contribution is -2.20. The summed E-state index contributed by atoms with van der Waals surface area (Å²) in [6, 6.07) is 8.11. The molecule has 2 unspecified atom stereocenters. The predicted molar refractivity (Wildman–Crippen MR) is 79.4 cm³/mol. The van der Waals surface area contributed by atoms with Crippen LogP contribution in [0.1, 0.15) is 48.9 Å². The quantitative estimate of drug-likeness (QED) is 0.915. The summed E-state index contributed by atoms with van der Waals surface area (Å²) in [5.74, 6) is 2.84. The van der Waals surface area contributed by atoms with Gasteiger partial charge in [-0.25, -0.2) is 0 Å². The summed E-state index contributed by atoms with van der Waals surface area (Å²) < 4.78 is 11.2. The van der Waals surface area contributed by atoms with Crippen LogP contribution in [0.2, 0.25) is 0 Å². The summed E-state index contributed by atoms with van der Waals surface area (Å²) in [7, 11) is 0. The number of para-hydroxylation sites is 1. The molecule has 0 spiro atoms. The van der Waals surface area contributed by atoms with Crippen LogP contribution in [0.4, 0.5) is 0 Å². The van der Waals surface area contributed by atoms with E-state index in [0.717, 1.165) is 30.8 Å². The lowest BCUT2D eigenvalue weighted by molar-refractivity contribution is 0.253. The second-order valence-corrected chi connectivity index (χ2v) is 5.64. The summed E-state index contributed by atoms with van der Waals surface area (Å²) in [5.41, 5.74) is 6.74. The van der Waals surface area contributed by atoms with Gasteiger partial charge in [-0.05, 0) is 37.4 Å². The van der Waals surface area contributed by atoms with Crippen molar-refractivity contribution in [1.82, 2.24) is 10.1 Å². The van der Waals surface area contributed by atoms with Crippen LogP contribution >= 0.6 is 0 Å². The summed E-state index contributed by atoms with van der Waals surface area (Å²) in [4.78, 5) is 4.56. The van der Waals surface area contributed by atoms with Gasteiger partial charge in [0.05, 0.1) is 12.5 Å². The molecule has 0 saturated heterocycles. The van der Waals surface area contributed by atoms with Crippen molar-refractivity contribution in [2.75, 3.05) is 13.2 Å². The Balaban J connectivity index is 1.70. The highest BCUT2D eigenvalue weighted by molar-refractivity contribution is 5.36. The minimum atomic E-state index is 0.166. The molecule has 0 bridgehead atoms. The maximum Gasteiger partial charge on any atom is 0.229 e. The molecule has 5 heteroatoms. The average Bonchev–Trinajstić information content (AvgIpc) is 3.02. The number of aromatic nitrogens is 2. The van der Waals surface area contributed by atoms with Gasteiger partial charge in [0, 0.05) is 5.92 Å². The van der Waals surface area contributed by atoms with Crippen LogP contribution in [-0.2, 0) is 6.42 Å². The molecular formula is C16H21N3O2. The standard InChI is InChI=1S/C16H21N3O2/c1-11(5-4-8-17)16-18-15(19-21-16)13-9-12-6-2-3-7-14(12)20-10-13/h2-3,6-7,11,13H,4-5,8-10,17H2,1H3. The summed E-state index contributed by atoms with van der Waals surface area (Å²) in [5, 5.41) is 4.14. The van der Waals surface area contributed by atoms with Gasteiger partial charge in [-0.3, -0.25) is 0 Å². The topological polar surface area (TPSA) is 74.2 Å². The van der Waals surface area contributed by atoms with Crippen molar-refractivity contribution in [2.24, 2.45) is 5.73 Å². The maximum atomic E-state index is 5.79. The van der Waals surface area contributed by atoms with E-state index in [0.29, 0.717) is 19.0 Å². The highest BCUT2D eigenvalue weighted by Gasteiger charge is 2.26. The SMILES string of the molecule is CC(CCCN)c1nc(C2COc3ccccc3C2)no1. The molecule has 2 N–H and O–H groups in total. The molecule has 1 aromatic heterocycles. The number of fused-ring (bicyclic) bond motifs is 1. The third-order valence-corrected chi connectivity index (χ3v) is 3.96. The van der Waals surface area contributed by atoms with Crippen LogP contribution in [0.3, 0.4) is 0 Å². The van der Waals surface area contributed by atoms with Gasteiger partial charge in [-0.2, -0.15) is 4.98 Å². The fraction of sp³-hybridized carbons (Fsp3) is 0.500. The second kappa shape index (κ2) is 6.26. The van der Waals surface area contributed by atoms with E-state index in [9.17, 15) is 0 Å². The first-order chi connectivity index (χ1) is 10.3. The first-order valence-corrected chi connectivity index (χ1v) is 7.52. The fourth-order valence-corrected chi connectivity index (χ4v) is 2.65. The number of nitrogens with zero attached hydrogens (tertiary/aromatic N) is 2. The molecular weight excluding hydrogens is 266 g/mol. The van der Waals surface area contributed by atoms with Gasteiger partial charge in [0.15, 0.2) is 5.82 Å². The van der Waals surface area contributed by atoms with Gasteiger partial charge in [0.25, 0.3) is 0 Å². The number of benzene rings is 1. The summed E-state index contributed by atoms with van der Waals surface area (Å²) in [6.07, 6.45) is 2.84. The molecule has 21 heavy (non-hydrogen) atoms. The van der Waals surface area contributed by atoms with Crippen LogP contribution in [0, 0.1) is 0 Å². The van der Waals surface area contributed by atoms with Crippen LogP contribution in [0.25, 0.3) is 0 Å². The largest absolute Gasteiger partial charge is 0.493 e. The molecule has 1 aliphatic rings. The molecule has 2 atom stereocenters. The van der Waals surface area contributed by atoms with E-state index in [2.05, 4.69) is 23.1 Å². The first kappa shape index (κ1) is 14.1. The van der Waals surface area contributed by atoms with E-state index >= 15 is 0 Å². The van der Waals surface area contributed by atoms with E-state index in [-0.39, 0.29) is 11.8 Å². The number of nitrogens with two attached hydrogens (primary N) is 1. The minimum absolute atomic E-state index is 0.166. The second-order valence-electron chi connectivity index (χ2n) is 5.64. The Morgan fingerprint density at radius 1 is 1.38 bits per heavy atom. The van der Waals surface area contributed by atoms with Crippen LogP contribution in [-0.4, -0.2) is 23.3 Å². The van der Waals surface area contributed by atoms with Gasteiger partial charge in [0.1, 0.15) is 5.75 Å². The van der Waals surface area contributed by atoms with Crippen molar-refractivity contribution in [2.45, 2.75) is 38.0 Å². The van der Waals surface area contributed by atoms with E-state index in [1.54, 1.807) is 0 Å². The number of hydrogen-bond donors (Lipinski definition) is 1. The van der Waals surface area contributed by atoms with E-state index in [1.165, 1.54) is 5.56 Å². The Kier molecular flexibility index (Phi) is 4.20. The van der Waals surface area contributed by atoms with Gasteiger partial charge in [-0.1, -0.05) is 30.3 Å². The van der Waals surface area contributed by atoms with Gasteiger partial charge < -0.3 is 15.0 Å². The summed E-state index contributed by atoms with van der Waals surface area (Å²) >= 11 is 0. The Morgan fingerprint density at radius 3 is 3.10 bits per heavy atom. The number of ether oxygens (including phenoxy) is 1. The van der Waals surface area contributed by atoms with Crippen molar-refractivity contribution >= 4 is 0 Å². The third kappa shape index (κ3) is 3.08. The predicted octanol–water partition coefficient (Wildman–Crippen LogP) is 2.63. The van der Waals surface area contributed by atoms with E-state index < -0.39 is 0 Å². The molecule has 0 amide bonds. The first-order valence-electron chi connectivity index (χ1n) is 7.52. The Morgan fingerprint density at radius 2 is 2.24 bits per heavy atom. The molecule has 5 nitrogen and oxygen atoms in total. The molecule has 112 valence electrons. The fourth-order valence-electron chi connectivity index (χ4n) is 2.65. The molecule has 1 aromatic carbocycles. The minimum Gasteiger partial charge on any atom is -0.493 e. The monoisotopic (exact) mass is 287 g/mol. The molecule has 0 aliphatic carbocycles. The molecule has 0 radical (unpaired) electrons. The summed E-state index contributed by atoms with van der Waals surface area (Å²) in [6.45, 7) is 3.39. The van der Waals surface area contributed by atoms with Crippen LogP contribution in [0.15, 0.2) is 28.8 Å². The third-order valence-electron chi connectivity index (χ3n) is 3.96. The van der Waals surface area contributed by atoms with E-state index in [4.69, 9.17) is 15.0 Å². The normalized spacial score (nSPS) is 18.9. The Bertz CT molecular complexity index is 597. The van der Waals surface area contributed by atoms with Gasteiger partial charge in [-0.15, -0.1) is 0 Å². The molecule has 3 rings (SSSR count). The highest BCUT2D eigenvalue weighted by Crippen LogP contribution is 2.31. The van der Waals surface area contributed by atoms with Crippen molar-refractivity contribution in [3.05, 3.63) is 41.5 Å². The lowest BCUT2D eigenvalue weighted by atomic mass is 9.96. The van der Waals surface area contributed by atoms with Crippen molar-refractivity contribution in [3.63, 3.8) is 0 Å². The van der Waals surface area contributed by atoms with E-state index in [1.807, 2.05) is 18.2 Å². The molecule has 1 aliphatic heterocycles. The lowest BCUT2D eigenvalue weighted by Gasteiger charge is -2.22. The molecule has 0 fully saturated rings. The highest BCUT2D eigenvalue weighted by atomic mass is 16.5. The molecule has 2 aromatic rings. The van der Waals surface area contributed by atoms with Gasteiger partial charge >= 0.3 is 0 Å². The zero-order valence-corrected chi connectivity index (χ0v) is 12.3. The van der Waals surface area contributed by atoms with Crippen LogP contribution in [0.5, 0.6) is 5.75 Å². The van der Waals surface area contributed by atoms with Crippen molar-refractivity contribution in [1.29, 1.82) is 0 Å². The van der Waals surface area contributed by atoms with Crippen molar-refractivity contribution in [3.8, 4) is 5.75 Å².